The Balaban J connectivity index is 2.05. The molecule has 5 nitrogen and oxygen atoms in total. The number of benzene rings is 1. The third kappa shape index (κ3) is 17.5. The summed E-state index contributed by atoms with van der Waals surface area (Å²) in [5.74, 6) is -0.478. The van der Waals surface area contributed by atoms with E-state index in [4.69, 9.17) is 0 Å². The summed E-state index contributed by atoms with van der Waals surface area (Å²) in [6.45, 7) is 4.29. The zero-order valence-corrected chi connectivity index (χ0v) is 22.4. The summed E-state index contributed by atoms with van der Waals surface area (Å²) < 4.78 is 0. The van der Waals surface area contributed by atoms with Crippen molar-refractivity contribution in [1.82, 2.24) is 10.6 Å². The average molecular weight is 505 g/mol. The highest BCUT2D eigenvalue weighted by Crippen LogP contribution is 2.15. The summed E-state index contributed by atoms with van der Waals surface area (Å²) in [5, 5.41) is 15.4. The second-order valence-electron chi connectivity index (χ2n) is 8.65. The number of aromatic hydroxyl groups is 1. The van der Waals surface area contributed by atoms with Gasteiger partial charge in [-0.2, -0.15) is 0 Å². The molecule has 1 atom stereocenters. The molecule has 0 saturated heterocycles. The predicted octanol–water partition coefficient (Wildman–Crippen LogP) is 7.10. The van der Waals surface area contributed by atoms with Gasteiger partial charge in [-0.15, -0.1) is 0 Å². The molecule has 0 aliphatic carbocycles. The van der Waals surface area contributed by atoms with Crippen molar-refractivity contribution in [2.24, 2.45) is 0 Å². The van der Waals surface area contributed by atoms with Crippen LogP contribution in [0, 0.1) is 0 Å². The second kappa shape index (κ2) is 21.7. The van der Waals surface area contributed by atoms with Crippen LogP contribution in [0.5, 0.6) is 5.75 Å². The number of hydrogen-bond donors (Lipinski definition) is 3. The smallest absolute Gasteiger partial charge is 0.255 e. The first-order chi connectivity index (χ1) is 18.0. The van der Waals surface area contributed by atoms with E-state index < -0.39 is 0 Å². The molecule has 1 aromatic carbocycles. The molecule has 5 heteroatoms. The molecular weight excluding hydrogens is 460 g/mol. The molecule has 1 aromatic rings. The monoisotopic (exact) mass is 504 g/mol. The maximum absolute atomic E-state index is 12.2. The number of carbonyl (C=O) groups is 2. The van der Waals surface area contributed by atoms with Gasteiger partial charge in [-0.05, 0) is 64.0 Å². The summed E-state index contributed by atoms with van der Waals surface area (Å²) in [7, 11) is 0. The minimum Gasteiger partial charge on any atom is -0.507 e. The fourth-order valence-corrected chi connectivity index (χ4v) is 3.23. The van der Waals surface area contributed by atoms with Gasteiger partial charge in [0.25, 0.3) is 5.91 Å². The number of hydrogen-bond acceptors (Lipinski definition) is 3. The summed E-state index contributed by atoms with van der Waals surface area (Å²) in [4.78, 5) is 24.2. The quantitative estimate of drug-likeness (QED) is 0.187. The van der Waals surface area contributed by atoms with Crippen molar-refractivity contribution in [3.63, 3.8) is 0 Å². The number of phenolic OH excluding ortho intramolecular Hbond substituents is 1. The van der Waals surface area contributed by atoms with E-state index in [1.165, 1.54) is 6.07 Å². The van der Waals surface area contributed by atoms with Crippen LogP contribution in [0.15, 0.2) is 97.2 Å². The Morgan fingerprint density at radius 1 is 0.784 bits per heavy atom. The fourth-order valence-electron chi connectivity index (χ4n) is 3.23. The molecule has 0 bridgehead atoms. The van der Waals surface area contributed by atoms with Gasteiger partial charge >= 0.3 is 0 Å². The van der Waals surface area contributed by atoms with Gasteiger partial charge in [0.2, 0.25) is 5.91 Å². The molecule has 0 saturated carbocycles. The van der Waals surface area contributed by atoms with Crippen molar-refractivity contribution in [3.8, 4) is 5.75 Å². The van der Waals surface area contributed by atoms with Gasteiger partial charge < -0.3 is 15.7 Å². The SMILES string of the molecule is CCC=CCC=CCC=CCC=CCC=CCC=CCCC(=O)NCC(C)NC(=O)c1ccccc1O. The summed E-state index contributed by atoms with van der Waals surface area (Å²) in [6.07, 6.45) is 32.8. The fraction of sp³-hybridized carbons (Fsp3) is 0.375. The number of allylic oxidation sites excluding steroid dienone is 12. The Morgan fingerprint density at radius 3 is 1.78 bits per heavy atom. The van der Waals surface area contributed by atoms with Crippen molar-refractivity contribution < 1.29 is 14.7 Å². The highest BCUT2D eigenvalue weighted by atomic mass is 16.3. The van der Waals surface area contributed by atoms with E-state index in [1.807, 2.05) is 13.0 Å². The van der Waals surface area contributed by atoms with Gasteiger partial charge in [0.1, 0.15) is 5.75 Å². The van der Waals surface area contributed by atoms with E-state index in [-0.39, 0.29) is 29.2 Å². The van der Waals surface area contributed by atoms with Crippen LogP contribution in [-0.4, -0.2) is 29.5 Å². The summed E-state index contributed by atoms with van der Waals surface area (Å²) in [5.41, 5.74) is 0.221. The van der Waals surface area contributed by atoms with Crippen LogP contribution in [0.25, 0.3) is 0 Å². The lowest BCUT2D eigenvalue weighted by atomic mass is 10.1. The molecule has 3 N–H and O–H groups in total. The van der Waals surface area contributed by atoms with Crippen LogP contribution in [0.3, 0.4) is 0 Å². The van der Waals surface area contributed by atoms with E-state index in [9.17, 15) is 14.7 Å². The van der Waals surface area contributed by atoms with Crippen molar-refractivity contribution in [1.29, 1.82) is 0 Å². The van der Waals surface area contributed by atoms with Gasteiger partial charge in [0.15, 0.2) is 0 Å². The van der Waals surface area contributed by atoms with Crippen molar-refractivity contribution >= 4 is 11.8 Å². The van der Waals surface area contributed by atoms with E-state index in [0.717, 1.165) is 38.5 Å². The maximum atomic E-state index is 12.2. The average Bonchev–Trinajstić information content (AvgIpc) is 2.89. The Hall–Kier alpha value is -3.60. The highest BCUT2D eigenvalue weighted by Gasteiger charge is 2.13. The lowest BCUT2D eigenvalue weighted by molar-refractivity contribution is -0.121. The number of amides is 2. The van der Waals surface area contributed by atoms with Crippen LogP contribution < -0.4 is 10.6 Å². The van der Waals surface area contributed by atoms with E-state index in [0.29, 0.717) is 19.4 Å². The lowest BCUT2D eigenvalue weighted by Gasteiger charge is -2.15. The first kappa shape index (κ1) is 31.4. The molecule has 0 radical (unpaired) electrons. The third-order valence-electron chi connectivity index (χ3n) is 5.27. The zero-order valence-electron chi connectivity index (χ0n) is 22.4. The molecular formula is C32H44N2O3. The Labute approximate surface area is 223 Å². The summed E-state index contributed by atoms with van der Waals surface area (Å²) >= 11 is 0. The normalized spacial score (nSPS) is 13.1. The minimum atomic E-state index is -0.363. The molecule has 0 aliphatic rings. The third-order valence-corrected chi connectivity index (χ3v) is 5.27. The molecule has 2 amide bonds. The van der Waals surface area contributed by atoms with Crippen molar-refractivity contribution in [3.05, 3.63) is 103 Å². The van der Waals surface area contributed by atoms with Crippen molar-refractivity contribution in [2.75, 3.05) is 6.54 Å². The van der Waals surface area contributed by atoms with Crippen LogP contribution in [-0.2, 0) is 4.79 Å². The Kier molecular flexibility index (Phi) is 18.4. The molecule has 0 fully saturated rings. The van der Waals surface area contributed by atoms with Crippen LogP contribution >= 0.6 is 0 Å². The highest BCUT2D eigenvalue weighted by molar-refractivity contribution is 5.96. The molecule has 0 aromatic heterocycles. The van der Waals surface area contributed by atoms with E-state index in [1.54, 1.807) is 18.2 Å². The largest absolute Gasteiger partial charge is 0.507 e. The first-order valence-electron chi connectivity index (χ1n) is 13.3. The number of nitrogens with one attached hydrogen (secondary N) is 2. The molecule has 0 aliphatic heterocycles. The van der Waals surface area contributed by atoms with Crippen LogP contribution in [0.2, 0.25) is 0 Å². The zero-order chi connectivity index (χ0) is 27.0. The van der Waals surface area contributed by atoms with E-state index in [2.05, 4.69) is 84.4 Å². The Morgan fingerprint density at radius 2 is 1.27 bits per heavy atom. The van der Waals surface area contributed by atoms with Gasteiger partial charge in [0, 0.05) is 19.0 Å². The van der Waals surface area contributed by atoms with Crippen LogP contribution in [0.1, 0.15) is 75.6 Å². The molecule has 37 heavy (non-hydrogen) atoms. The van der Waals surface area contributed by atoms with Gasteiger partial charge in [-0.25, -0.2) is 0 Å². The summed E-state index contributed by atoms with van der Waals surface area (Å²) in [6, 6.07) is 6.13. The molecule has 0 spiro atoms. The number of rotatable bonds is 18. The standard InChI is InChI=1S/C32H44N2O3/c1-3-4-5-6-7-8-9-10-11-12-13-14-15-16-17-18-19-20-21-26-31(36)33-27-28(2)34-32(37)29-24-22-23-25-30(29)35/h4-5,7-8,10-11,13-14,16-17,19-20,22-25,28,35H,3,6,9,12,15,18,21,26-27H2,1-2H3,(H,33,36)(H,34,37). The number of phenols is 1. The molecule has 1 unspecified atom stereocenters. The maximum Gasteiger partial charge on any atom is 0.255 e. The molecule has 1 rings (SSSR count). The molecule has 200 valence electrons. The predicted molar refractivity (Wildman–Crippen MR) is 155 cm³/mol. The number of carbonyl (C=O) groups excluding carboxylic acids is 2. The van der Waals surface area contributed by atoms with Crippen LogP contribution in [0.4, 0.5) is 0 Å². The topological polar surface area (TPSA) is 78.4 Å². The van der Waals surface area contributed by atoms with Gasteiger partial charge in [0.05, 0.1) is 5.56 Å². The van der Waals surface area contributed by atoms with E-state index >= 15 is 0 Å². The van der Waals surface area contributed by atoms with Gasteiger partial charge in [-0.1, -0.05) is 92.0 Å². The lowest BCUT2D eigenvalue weighted by Crippen LogP contribution is -2.41. The number of para-hydroxylation sites is 1. The molecule has 0 heterocycles. The van der Waals surface area contributed by atoms with Crippen molar-refractivity contribution in [2.45, 2.75) is 71.3 Å². The minimum absolute atomic E-state index is 0.0526. The first-order valence-corrected chi connectivity index (χ1v) is 13.3. The second-order valence-corrected chi connectivity index (χ2v) is 8.65. The van der Waals surface area contributed by atoms with Gasteiger partial charge in [-0.3, -0.25) is 9.59 Å². The Bertz CT molecular complexity index is 955.